The molecule has 0 radical (unpaired) electrons. The molecule has 4 fully saturated rings. The molecule has 1 saturated heterocycles. The second kappa shape index (κ2) is 10.4. The van der Waals surface area contributed by atoms with Gasteiger partial charge in [-0.15, -0.1) is 0 Å². The van der Waals surface area contributed by atoms with Crippen molar-refractivity contribution >= 4 is 12.0 Å². The third-order valence-corrected chi connectivity index (χ3v) is 12.4. The first kappa shape index (κ1) is 28.0. The van der Waals surface area contributed by atoms with Gasteiger partial charge < -0.3 is 20.0 Å². The lowest BCUT2D eigenvalue weighted by Crippen LogP contribution is -2.58. The fourth-order valence-corrected chi connectivity index (χ4v) is 10.2. The fraction of sp³-hybridized carbons (Fsp3) is 0.875. The van der Waals surface area contributed by atoms with E-state index in [2.05, 4.69) is 26.8 Å². The number of carbonyl (C=O) groups is 2. The van der Waals surface area contributed by atoms with Gasteiger partial charge in [-0.2, -0.15) is 0 Å². The standard InChI is InChI=1S/C32H52N2O4/c1-20(2)28-19-33(16-17-34(28)30(37)38)29(36)11-6-21(3)25-9-10-26-24-8-7-22-18-23(35)12-14-31(22,4)27(24)13-15-32(25,26)5/h7,20-21,23-28,35H,6,8-19H2,1-5H3,(H,37,38)/t21?,23-,24-,25+,26-,27-,28?,31-,32+/m0/s1. The van der Waals surface area contributed by atoms with Gasteiger partial charge in [-0.05, 0) is 104 Å². The average Bonchev–Trinajstić information content (AvgIpc) is 3.24. The van der Waals surface area contributed by atoms with E-state index in [1.165, 1.54) is 37.0 Å². The number of allylic oxidation sites excluding steroid dienone is 1. The molecule has 2 amide bonds. The molecule has 0 spiro atoms. The Kier molecular flexibility index (Phi) is 7.69. The number of carbonyl (C=O) groups excluding carboxylic acids is 1. The largest absolute Gasteiger partial charge is 0.465 e. The van der Waals surface area contributed by atoms with E-state index in [1.54, 1.807) is 5.57 Å². The smallest absolute Gasteiger partial charge is 0.407 e. The Balaban J connectivity index is 1.20. The molecule has 2 unspecified atom stereocenters. The van der Waals surface area contributed by atoms with E-state index in [1.807, 2.05) is 18.7 Å². The fourth-order valence-electron chi connectivity index (χ4n) is 10.2. The molecule has 0 aromatic rings. The van der Waals surface area contributed by atoms with Crippen molar-refractivity contribution in [1.82, 2.24) is 9.80 Å². The number of carboxylic acid groups (broad SMARTS) is 1. The molecule has 4 aliphatic carbocycles. The first-order valence-electron chi connectivity index (χ1n) is 15.6. The zero-order valence-corrected chi connectivity index (χ0v) is 24.5. The van der Waals surface area contributed by atoms with E-state index in [-0.39, 0.29) is 29.4 Å². The van der Waals surface area contributed by atoms with E-state index >= 15 is 0 Å². The molecule has 1 aliphatic heterocycles. The maximum Gasteiger partial charge on any atom is 0.407 e. The predicted molar refractivity (Wildman–Crippen MR) is 150 cm³/mol. The molecule has 0 bridgehead atoms. The minimum atomic E-state index is -0.872. The zero-order valence-electron chi connectivity index (χ0n) is 24.5. The molecule has 5 aliphatic rings. The third kappa shape index (κ3) is 4.71. The summed E-state index contributed by atoms with van der Waals surface area (Å²) < 4.78 is 0. The maximum absolute atomic E-state index is 13.2. The van der Waals surface area contributed by atoms with Gasteiger partial charge in [0, 0.05) is 26.1 Å². The molecule has 9 atom stereocenters. The van der Waals surface area contributed by atoms with Crippen molar-refractivity contribution in [3.63, 3.8) is 0 Å². The lowest BCUT2D eigenvalue weighted by molar-refractivity contribution is -0.135. The molecular formula is C32H52N2O4. The zero-order chi connectivity index (χ0) is 27.4. The molecule has 1 heterocycles. The van der Waals surface area contributed by atoms with Crippen LogP contribution in [0.4, 0.5) is 4.79 Å². The summed E-state index contributed by atoms with van der Waals surface area (Å²) in [6, 6.07) is -0.119. The monoisotopic (exact) mass is 528 g/mol. The molecule has 2 N–H and O–H groups in total. The molecule has 0 aromatic heterocycles. The normalized spacial score (nSPS) is 41.7. The Morgan fingerprint density at radius 3 is 2.53 bits per heavy atom. The highest BCUT2D eigenvalue weighted by molar-refractivity contribution is 5.76. The van der Waals surface area contributed by atoms with E-state index in [4.69, 9.17) is 0 Å². The van der Waals surface area contributed by atoms with Crippen LogP contribution in [0.5, 0.6) is 0 Å². The summed E-state index contributed by atoms with van der Waals surface area (Å²) in [5.41, 5.74) is 2.21. The van der Waals surface area contributed by atoms with Crippen LogP contribution in [-0.4, -0.2) is 63.8 Å². The first-order chi connectivity index (χ1) is 18.0. The van der Waals surface area contributed by atoms with Crippen LogP contribution in [-0.2, 0) is 4.79 Å². The van der Waals surface area contributed by atoms with Crippen LogP contribution in [0.2, 0.25) is 0 Å². The first-order valence-corrected chi connectivity index (χ1v) is 15.6. The topological polar surface area (TPSA) is 81.1 Å². The number of piperazine rings is 1. The summed E-state index contributed by atoms with van der Waals surface area (Å²) in [5.74, 6) is 3.92. The summed E-state index contributed by atoms with van der Waals surface area (Å²) in [6.07, 6.45) is 12.4. The van der Waals surface area contributed by atoms with Gasteiger partial charge in [0.05, 0.1) is 12.1 Å². The Bertz CT molecular complexity index is 948. The second-order valence-corrected chi connectivity index (χ2v) is 14.5. The maximum atomic E-state index is 13.2. The SMILES string of the molecule is CC(C)C1CN(C(=O)CCC(C)[C@H]2CC[C@H]3[C@@H]4CC=C5C[C@@H](O)CC[C@]5(C)[C@H]4CC[C@]23C)CCN1C(=O)O. The van der Waals surface area contributed by atoms with Crippen LogP contribution in [0.3, 0.4) is 0 Å². The number of hydrogen-bond acceptors (Lipinski definition) is 3. The molecule has 38 heavy (non-hydrogen) atoms. The lowest BCUT2D eigenvalue weighted by atomic mass is 9.47. The van der Waals surface area contributed by atoms with Crippen molar-refractivity contribution in [2.75, 3.05) is 19.6 Å². The van der Waals surface area contributed by atoms with Crippen molar-refractivity contribution < 1.29 is 19.8 Å². The Morgan fingerprint density at radius 2 is 1.82 bits per heavy atom. The van der Waals surface area contributed by atoms with Crippen molar-refractivity contribution in [1.29, 1.82) is 0 Å². The van der Waals surface area contributed by atoms with Crippen LogP contribution in [0, 0.1) is 46.3 Å². The number of amides is 2. The average molecular weight is 529 g/mol. The second-order valence-electron chi connectivity index (χ2n) is 14.5. The molecule has 214 valence electrons. The number of nitrogens with zero attached hydrogens (tertiary/aromatic N) is 2. The molecule has 3 saturated carbocycles. The van der Waals surface area contributed by atoms with Crippen LogP contribution in [0.25, 0.3) is 0 Å². The third-order valence-electron chi connectivity index (χ3n) is 12.4. The predicted octanol–water partition coefficient (Wildman–Crippen LogP) is 6.19. The van der Waals surface area contributed by atoms with E-state index in [0.29, 0.717) is 43.3 Å². The van der Waals surface area contributed by atoms with Gasteiger partial charge >= 0.3 is 6.09 Å². The van der Waals surface area contributed by atoms with Gasteiger partial charge in [0.25, 0.3) is 0 Å². The van der Waals surface area contributed by atoms with Crippen LogP contribution in [0.1, 0.15) is 98.8 Å². The molecule has 0 aromatic carbocycles. The quantitative estimate of drug-likeness (QED) is 0.417. The van der Waals surface area contributed by atoms with E-state index in [9.17, 15) is 19.8 Å². The molecule has 5 rings (SSSR count). The number of hydrogen-bond donors (Lipinski definition) is 2. The molecule has 6 nitrogen and oxygen atoms in total. The minimum Gasteiger partial charge on any atom is -0.465 e. The Hall–Kier alpha value is -1.56. The number of aliphatic hydroxyl groups excluding tert-OH is 1. The van der Waals surface area contributed by atoms with Gasteiger partial charge in [0.15, 0.2) is 0 Å². The summed E-state index contributed by atoms with van der Waals surface area (Å²) in [7, 11) is 0. The molecule has 6 heteroatoms. The Labute approximate surface area is 230 Å². The number of aliphatic hydroxyl groups is 1. The summed E-state index contributed by atoms with van der Waals surface area (Å²) in [4.78, 5) is 28.3. The van der Waals surface area contributed by atoms with Gasteiger partial charge in [0.1, 0.15) is 0 Å². The summed E-state index contributed by atoms with van der Waals surface area (Å²) >= 11 is 0. The summed E-state index contributed by atoms with van der Waals surface area (Å²) in [6.45, 7) is 13.0. The van der Waals surface area contributed by atoms with Crippen LogP contribution < -0.4 is 0 Å². The minimum absolute atomic E-state index is 0.119. The van der Waals surface area contributed by atoms with Gasteiger partial charge in [-0.3, -0.25) is 4.79 Å². The van der Waals surface area contributed by atoms with Gasteiger partial charge in [-0.1, -0.05) is 46.3 Å². The lowest BCUT2D eigenvalue weighted by Gasteiger charge is -2.58. The highest BCUT2D eigenvalue weighted by Gasteiger charge is 2.59. The van der Waals surface area contributed by atoms with Crippen molar-refractivity contribution in [2.24, 2.45) is 46.3 Å². The highest BCUT2D eigenvalue weighted by atomic mass is 16.4. The van der Waals surface area contributed by atoms with Gasteiger partial charge in [-0.25, -0.2) is 4.79 Å². The Morgan fingerprint density at radius 1 is 1.05 bits per heavy atom. The van der Waals surface area contributed by atoms with Crippen LogP contribution in [0.15, 0.2) is 11.6 Å². The van der Waals surface area contributed by atoms with E-state index < -0.39 is 6.09 Å². The number of fused-ring (bicyclic) bond motifs is 5. The number of rotatable bonds is 5. The van der Waals surface area contributed by atoms with Crippen molar-refractivity contribution in [3.8, 4) is 0 Å². The van der Waals surface area contributed by atoms with Gasteiger partial charge in [0.2, 0.25) is 5.91 Å². The van der Waals surface area contributed by atoms with Crippen molar-refractivity contribution in [3.05, 3.63) is 11.6 Å². The van der Waals surface area contributed by atoms with E-state index in [0.717, 1.165) is 43.4 Å². The molecular weight excluding hydrogens is 476 g/mol. The van der Waals surface area contributed by atoms with Crippen LogP contribution >= 0.6 is 0 Å². The van der Waals surface area contributed by atoms with Crippen molar-refractivity contribution in [2.45, 2.75) is 111 Å². The summed E-state index contributed by atoms with van der Waals surface area (Å²) in [5, 5.41) is 19.9. The highest BCUT2D eigenvalue weighted by Crippen LogP contribution is 2.67.